The highest BCUT2D eigenvalue weighted by Gasteiger charge is 2.13. The molecule has 0 bridgehead atoms. The van der Waals surface area contributed by atoms with Crippen molar-refractivity contribution in [1.29, 1.82) is 0 Å². The van der Waals surface area contributed by atoms with Crippen LogP contribution in [0, 0.1) is 11.6 Å². The molecule has 2 aromatic carbocycles. The number of hydrogen-bond donors (Lipinski definition) is 1. The minimum Gasteiger partial charge on any atom is -0.322 e. The topological polar surface area (TPSA) is 72.2 Å². The van der Waals surface area contributed by atoms with E-state index in [4.69, 9.17) is 0 Å². The van der Waals surface area contributed by atoms with Gasteiger partial charge in [0.05, 0.1) is 10.6 Å². The quantitative estimate of drug-likeness (QED) is 0.431. The van der Waals surface area contributed by atoms with Gasteiger partial charge in [0.25, 0.3) is 5.91 Å². The average molecular weight is 433 g/mol. The van der Waals surface area contributed by atoms with Gasteiger partial charge in [0.15, 0.2) is 23.1 Å². The van der Waals surface area contributed by atoms with Crippen molar-refractivity contribution in [3.05, 3.63) is 89.3 Å². The van der Waals surface area contributed by atoms with Crippen LogP contribution in [0.25, 0.3) is 27.6 Å². The Labute approximate surface area is 178 Å². The molecule has 31 heavy (non-hydrogen) atoms. The van der Waals surface area contributed by atoms with Crippen LogP contribution in [-0.2, 0) is 0 Å². The first-order valence-electron chi connectivity index (χ1n) is 9.22. The Morgan fingerprint density at radius 2 is 1.77 bits per heavy atom. The number of carbonyl (C=O) groups excluding carboxylic acids is 1. The smallest absolute Gasteiger partial charge is 0.255 e. The van der Waals surface area contributed by atoms with Gasteiger partial charge in [-0.25, -0.2) is 8.78 Å². The Morgan fingerprint density at radius 1 is 0.935 bits per heavy atom. The Morgan fingerprint density at radius 3 is 2.52 bits per heavy atom. The van der Waals surface area contributed by atoms with E-state index in [-0.39, 0.29) is 5.56 Å². The van der Waals surface area contributed by atoms with Crippen LogP contribution in [0.3, 0.4) is 0 Å². The van der Waals surface area contributed by atoms with Gasteiger partial charge in [0, 0.05) is 16.8 Å². The summed E-state index contributed by atoms with van der Waals surface area (Å²) in [6.45, 7) is 0. The molecule has 0 aliphatic carbocycles. The third-order valence-corrected chi connectivity index (χ3v) is 5.49. The summed E-state index contributed by atoms with van der Waals surface area (Å²) >= 11 is 1.56. The third kappa shape index (κ3) is 3.66. The number of halogens is 2. The summed E-state index contributed by atoms with van der Waals surface area (Å²) in [6, 6.07) is 17.6. The van der Waals surface area contributed by atoms with E-state index in [1.807, 2.05) is 41.8 Å². The first-order chi connectivity index (χ1) is 15.1. The summed E-state index contributed by atoms with van der Waals surface area (Å²) in [5.74, 6) is -1.93. The number of nitrogens with zero attached hydrogens (tertiary/aromatic N) is 4. The van der Waals surface area contributed by atoms with Crippen LogP contribution in [0.4, 0.5) is 14.5 Å². The standard InChI is InChI=1S/C22H13F2N5OS/c23-16-8-5-14(12-17(16)24)22(30)25-15-6-3-13(4-7-15)18-9-10-20-26-27-21(29(20)28-18)19-2-1-11-31-19/h1-12H,(H,25,30). The molecule has 5 rings (SSSR count). The zero-order valence-corrected chi connectivity index (χ0v) is 16.6. The lowest BCUT2D eigenvalue weighted by atomic mass is 10.1. The lowest BCUT2D eigenvalue weighted by molar-refractivity contribution is 0.102. The van der Waals surface area contributed by atoms with Gasteiger partial charge >= 0.3 is 0 Å². The van der Waals surface area contributed by atoms with Gasteiger partial charge in [-0.1, -0.05) is 18.2 Å². The molecule has 1 N–H and O–H groups in total. The van der Waals surface area contributed by atoms with E-state index in [2.05, 4.69) is 20.6 Å². The predicted octanol–water partition coefficient (Wildman–Crippen LogP) is 5.05. The van der Waals surface area contributed by atoms with Gasteiger partial charge in [-0.2, -0.15) is 9.61 Å². The number of nitrogens with one attached hydrogen (secondary N) is 1. The van der Waals surface area contributed by atoms with Crippen molar-refractivity contribution in [1.82, 2.24) is 19.8 Å². The molecule has 0 radical (unpaired) electrons. The van der Waals surface area contributed by atoms with E-state index >= 15 is 0 Å². The third-order valence-electron chi connectivity index (χ3n) is 4.62. The van der Waals surface area contributed by atoms with Gasteiger partial charge in [-0.15, -0.1) is 21.5 Å². The molecule has 1 amide bonds. The molecule has 0 spiro atoms. The Bertz CT molecular complexity index is 1400. The van der Waals surface area contributed by atoms with Crippen LogP contribution in [0.15, 0.2) is 72.1 Å². The van der Waals surface area contributed by atoms with Gasteiger partial charge < -0.3 is 5.32 Å². The zero-order chi connectivity index (χ0) is 21.4. The number of aromatic nitrogens is 4. The van der Waals surface area contributed by atoms with Crippen molar-refractivity contribution >= 4 is 28.6 Å². The Hall–Kier alpha value is -3.98. The Balaban J connectivity index is 1.39. The number of thiophene rings is 1. The number of rotatable bonds is 4. The second kappa shape index (κ2) is 7.69. The van der Waals surface area contributed by atoms with Crippen LogP contribution >= 0.6 is 11.3 Å². The fourth-order valence-electron chi connectivity index (χ4n) is 3.07. The van der Waals surface area contributed by atoms with E-state index in [0.29, 0.717) is 22.9 Å². The number of fused-ring (bicyclic) bond motifs is 1. The fraction of sp³-hybridized carbons (Fsp3) is 0. The summed E-state index contributed by atoms with van der Waals surface area (Å²) in [7, 11) is 0. The van der Waals surface area contributed by atoms with Crippen molar-refractivity contribution < 1.29 is 13.6 Å². The SMILES string of the molecule is O=C(Nc1ccc(-c2ccc3nnc(-c4cccs4)n3n2)cc1)c1ccc(F)c(F)c1. The number of benzene rings is 2. The number of anilines is 1. The molecule has 5 aromatic rings. The molecule has 6 nitrogen and oxygen atoms in total. The first kappa shape index (κ1) is 19.0. The number of carbonyl (C=O) groups is 1. The second-order valence-electron chi connectivity index (χ2n) is 6.65. The average Bonchev–Trinajstić information content (AvgIpc) is 3.45. The van der Waals surface area contributed by atoms with E-state index in [1.54, 1.807) is 28.0 Å². The van der Waals surface area contributed by atoms with Crippen LogP contribution in [0.1, 0.15) is 10.4 Å². The highest BCUT2D eigenvalue weighted by atomic mass is 32.1. The molecule has 9 heteroatoms. The van der Waals surface area contributed by atoms with Crippen LogP contribution in [-0.4, -0.2) is 25.7 Å². The van der Waals surface area contributed by atoms with Crippen molar-refractivity contribution in [2.24, 2.45) is 0 Å². The van der Waals surface area contributed by atoms with Gasteiger partial charge in [-0.3, -0.25) is 4.79 Å². The van der Waals surface area contributed by atoms with Crippen LogP contribution in [0.5, 0.6) is 0 Å². The summed E-state index contributed by atoms with van der Waals surface area (Å²) in [4.78, 5) is 13.2. The summed E-state index contributed by atoms with van der Waals surface area (Å²) in [5.41, 5.74) is 2.73. The van der Waals surface area contributed by atoms with Crippen molar-refractivity contribution in [2.45, 2.75) is 0 Å². The molecule has 0 saturated carbocycles. The molecule has 3 aromatic heterocycles. The van der Waals surface area contributed by atoms with E-state index in [0.717, 1.165) is 22.6 Å². The largest absolute Gasteiger partial charge is 0.322 e. The second-order valence-corrected chi connectivity index (χ2v) is 7.60. The molecule has 0 unspecified atom stereocenters. The summed E-state index contributed by atoms with van der Waals surface area (Å²) < 4.78 is 28.1. The fourth-order valence-corrected chi connectivity index (χ4v) is 3.76. The summed E-state index contributed by atoms with van der Waals surface area (Å²) in [5, 5.41) is 17.7. The van der Waals surface area contributed by atoms with E-state index in [9.17, 15) is 13.6 Å². The number of amides is 1. The Kier molecular flexibility index (Phi) is 4.72. The molecular formula is C22H13F2N5OS. The van der Waals surface area contributed by atoms with Gasteiger partial charge in [-0.05, 0) is 53.9 Å². The van der Waals surface area contributed by atoms with E-state index in [1.165, 1.54) is 6.07 Å². The predicted molar refractivity (Wildman–Crippen MR) is 114 cm³/mol. The molecular weight excluding hydrogens is 420 g/mol. The summed E-state index contributed by atoms with van der Waals surface area (Å²) in [6.07, 6.45) is 0. The van der Waals surface area contributed by atoms with Crippen LogP contribution < -0.4 is 5.32 Å². The molecule has 0 atom stereocenters. The minimum atomic E-state index is -1.07. The highest BCUT2D eigenvalue weighted by Crippen LogP contribution is 2.25. The van der Waals surface area contributed by atoms with Crippen LogP contribution in [0.2, 0.25) is 0 Å². The maximum Gasteiger partial charge on any atom is 0.255 e. The molecule has 0 aliphatic rings. The molecule has 0 saturated heterocycles. The van der Waals surface area contributed by atoms with Crippen molar-refractivity contribution in [3.63, 3.8) is 0 Å². The maximum absolute atomic E-state index is 13.4. The van der Waals surface area contributed by atoms with Crippen molar-refractivity contribution in [2.75, 3.05) is 5.32 Å². The molecule has 3 heterocycles. The highest BCUT2D eigenvalue weighted by molar-refractivity contribution is 7.13. The molecule has 0 fully saturated rings. The molecule has 0 aliphatic heterocycles. The normalized spacial score (nSPS) is 11.0. The van der Waals surface area contributed by atoms with Crippen molar-refractivity contribution in [3.8, 4) is 22.0 Å². The monoisotopic (exact) mass is 433 g/mol. The molecule has 152 valence electrons. The number of hydrogen-bond acceptors (Lipinski definition) is 5. The minimum absolute atomic E-state index is 0.0313. The van der Waals surface area contributed by atoms with Gasteiger partial charge in [0.2, 0.25) is 0 Å². The first-order valence-corrected chi connectivity index (χ1v) is 10.1. The zero-order valence-electron chi connectivity index (χ0n) is 15.8. The van der Waals surface area contributed by atoms with Gasteiger partial charge in [0.1, 0.15) is 0 Å². The lowest BCUT2D eigenvalue weighted by Crippen LogP contribution is -2.12. The maximum atomic E-state index is 13.4. The van der Waals surface area contributed by atoms with E-state index < -0.39 is 17.5 Å². The lowest BCUT2D eigenvalue weighted by Gasteiger charge is -2.07.